The second-order valence-electron chi connectivity index (χ2n) is 5.22. The fourth-order valence-corrected chi connectivity index (χ4v) is 2.76. The minimum Gasteiger partial charge on any atom is -0.327 e. The van der Waals surface area contributed by atoms with Crippen molar-refractivity contribution < 1.29 is 0 Å². The molecule has 1 aliphatic carbocycles. The molecule has 3 rings (SSSR count). The molecule has 2 heterocycles. The van der Waals surface area contributed by atoms with Crippen LogP contribution < -0.4 is 5.73 Å². The number of pyridine rings is 1. The van der Waals surface area contributed by atoms with Gasteiger partial charge in [0.25, 0.3) is 0 Å². The van der Waals surface area contributed by atoms with E-state index in [1.807, 2.05) is 16.8 Å². The Morgan fingerprint density at radius 3 is 3.06 bits per heavy atom. The van der Waals surface area contributed by atoms with Gasteiger partial charge in [-0.25, -0.2) is 4.52 Å². The van der Waals surface area contributed by atoms with Crippen LogP contribution >= 0.6 is 0 Å². The molecule has 1 unspecified atom stereocenters. The van der Waals surface area contributed by atoms with Gasteiger partial charge in [0.2, 0.25) is 0 Å². The SMILES string of the molecule is CC1(C)c2c(nn3ccccc23)CCC1N. The fourth-order valence-electron chi connectivity index (χ4n) is 2.76. The third-order valence-corrected chi connectivity index (χ3v) is 3.88. The van der Waals surface area contributed by atoms with Crippen LogP contribution in [0.4, 0.5) is 0 Å². The molecule has 1 aliphatic rings. The van der Waals surface area contributed by atoms with Gasteiger partial charge in [0.1, 0.15) is 0 Å². The molecule has 0 aromatic carbocycles. The van der Waals surface area contributed by atoms with E-state index in [2.05, 4.69) is 31.1 Å². The highest BCUT2D eigenvalue weighted by Gasteiger charge is 2.37. The summed E-state index contributed by atoms with van der Waals surface area (Å²) in [6, 6.07) is 6.44. The Morgan fingerprint density at radius 2 is 2.25 bits per heavy atom. The van der Waals surface area contributed by atoms with Gasteiger partial charge >= 0.3 is 0 Å². The molecule has 0 saturated heterocycles. The third kappa shape index (κ3) is 1.15. The minimum absolute atomic E-state index is 0.0245. The van der Waals surface area contributed by atoms with E-state index >= 15 is 0 Å². The summed E-state index contributed by atoms with van der Waals surface area (Å²) in [7, 11) is 0. The average molecular weight is 215 g/mol. The van der Waals surface area contributed by atoms with Gasteiger partial charge in [0.15, 0.2) is 0 Å². The number of rotatable bonds is 0. The summed E-state index contributed by atoms with van der Waals surface area (Å²) in [6.07, 6.45) is 4.04. The van der Waals surface area contributed by atoms with E-state index in [9.17, 15) is 0 Å². The highest BCUT2D eigenvalue weighted by Crippen LogP contribution is 2.38. The van der Waals surface area contributed by atoms with Gasteiger partial charge in [-0.2, -0.15) is 5.10 Å². The maximum Gasteiger partial charge on any atom is 0.0702 e. The number of nitrogens with two attached hydrogens (primary N) is 1. The summed E-state index contributed by atoms with van der Waals surface area (Å²) >= 11 is 0. The molecule has 16 heavy (non-hydrogen) atoms. The Labute approximate surface area is 95.3 Å². The van der Waals surface area contributed by atoms with Gasteiger partial charge < -0.3 is 5.73 Å². The van der Waals surface area contributed by atoms with Crippen LogP contribution in [0.3, 0.4) is 0 Å². The molecule has 2 aromatic rings. The Kier molecular flexibility index (Phi) is 1.89. The molecule has 3 heteroatoms. The van der Waals surface area contributed by atoms with E-state index in [4.69, 9.17) is 5.73 Å². The molecule has 0 amide bonds. The molecule has 0 bridgehead atoms. The maximum atomic E-state index is 6.24. The van der Waals surface area contributed by atoms with Crippen LogP contribution in [0.5, 0.6) is 0 Å². The molecule has 0 spiro atoms. The van der Waals surface area contributed by atoms with Crippen molar-refractivity contribution in [3.63, 3.8) is 0 Å². The van der Waals surface area contributed by atoms with Crippen molar-refractivity contribution in [3.8, 4) is 0 Å². The Hall–Kier alpha value is -1.35. The van der Waals surface area contributed by atoms with Crippen LogP contribution in [0.1, 0.15) is 31.5 Å². The summed E-state index contributed by atoms with van der Waals surface area (Å²) in [5.41, 5.74) is 10.0. The lowest BCUT2D eigenvalue weighted by Crippen LogP contribution is -2.44. The van der Waals surface area contributed by atoms with Crippen molar-refractivity contribution in [1.29, 1.82) is 0 Å². The van der Waals surface area contributed by atoms with E-state index in [1.54, 1.807) is 0 Å². The molecule has 2 aromatic heterocycles. The van der Waals surface area contributed by atoms with Crippen molar-refractivity contribution in [1.82, 2.24) is 9.61 Å². The highest BCUT2D eigenvalue weighted by atomic mass is 15.2. The predicted molar refractivity (Wildman–Crippen MR) is 64.5 cm³/mol. The smallest absolute Gasteiger partial charge is 0.0702 e. The van der Waals surface area contributed by atoms with E-state index in [1.165, 1.54) is 16.8 Å². The zero-order valence-electron chi connectivity index (χ0n) is 9.77. The first-order chi connectivity index (χ1) is 7.60. The fraction of sp³-hybridized carbons (Fsp3) is 0.462. The first kappa shape index (κ1) is 9.85. The van der Waals surface area contributed by atoms with E-state index < -0.39 is 0 Å². The number of aryl methyl sites for hydroxylation is 1. The monoisotopic (exact) mass is 215 g/mol. The zero-order valence-corrected chi connectivity index (χ0v) is 9.77. The van der Waals surface area contributed by atoms with Crippen LogP contribution in [0.25, 0.3) is 5.52 Å². The molecule has 3 nitrogen and oxygen atoms in total. The summed E-state index contributed by atoms with van der Waals surface area (Å²) in [6.45, 7) is 4.45. The normalized spacial score (nSPS) is 23.3. The standard InChI is InChI=1S/C13H17N3/c1-13(2)11(14)7-6-9-12(13)10-5-3-4-8-16(10)15-9/h3-5,8,11H,6-7,14H2,1-2H3. The number of hydrogen-bond acceptors (Lipinski definition) is 2. The van der Waals surface area contributed by atoms with Gasteiger partial charge in [0.05, 0.1) is 11.2 Å². The zero-order chi connectivity index (χ0) is 11.3. The van der Waals surface area contributed by atoms with Crippen molar-refractivity contribution in [3.05, 3.63) is 35.7 Å². The molecular formula is C13H17N3. The lowest BCUT2D eigenvalue weighted by atomic mass is 9.71. The van der Waals surface area contributed by atoms with Crippen LogP contribution in [0, 0.1) is 0 Å². The van der Waals surface area contributed by atoms with Gasteiger partial charge in [-0.3, -0.25) is 0 Å². The predicted octanol–water partition coefficient (Wildman–Crippen LogP) is 1.89. The van der Waals surface area contributed by atoms with Crippen molar-refractivity contribution in [2.24, 2.45) is 5.73 Å². The van der Waals surface area contributed by atoms with E-state index in [0.717, 1.165) is 12.8 Å². The molecule has 0 aliphatic heterocycles. The molecule has 2 N–H and O–H groups in total. The Morgan fingerprint density at radius 1 is 1.44 bits per heavy atom. The lowest BCUT2D eigenvalue weighted by Gasteiger charge is -2.35. The molecular weight excluding hydrogens is 198 g/mol. The molecule has 0 radical (unpaired) electrons. The summed E-state index contributed by atoms with van der Waals surface area (Å²) in [5, 5.41) is 4.64. The van der Waals surface area contributed by atoms with Gasteiger partial charge in [-0.05, 0) is 25.0 Å². The number of aromatic nitrogens is 2. The van der Waals surface area contributed by atoms with Crippen molar-refractivity contribution in [2.75, 3.05) is 0 Å². The Bertz CT molecular complexity index is 539. The third-order valence-electron chi connectivity index (χ3n) is 3.88. The highest BCUT2D eigenvalue weighted by molar-refractivity contribution is 5.61. The summed E-state index contributed by atoms with van der Waals surface area (Å²) in [5.74, 6) is 0. The van der Waals surface area contributed by atoms with E-state index in [0.29, 0.717) is 0 Å². The Balaban J connectivity index is 2.35. The topological polar surface area (TPSA) is 43.3 Å². The molecule has 0 fully saturated rings. The van der Waals surface area contributed by atoms with Crippen molar-refractivity contribution in [2.45, 2.75) is 38.1 Å². The number of nitrogens with zero attached hydrogens (tertiary/aromatic N) is 2. The number of fused-ring (bicyclic) bond motifs is 3. The van der Waals surface area contributed by atoms with Crippen LogP contribution in [-0.4, -0.2) is 15.7 Å². The first-order valence-electron chi connectivity index (χ1n) is 5.83. The summed E-state index contributed by atoms with van der Waals surface area (Å²) < 4.78 is 1.98. The maximum absolute atomic E-state index is 6.24. The number of hydrogen-bond donors (Lipinski definition) is 1. The summed E-state index contributed by atoms with van der Waals surface area (Å²) in [4.78, 5) is 0. The largest absolute Gasteiger partial charge is 0.327 e. The molecule has 1 atom stereocenters. The van der Waals surface area contributed by atoms with E-state index in [-0.39, 0.29) is 11.5 Å². The van der Waals surface area contributed by atoms with Crippen LogP contribution in [0.2, 0.25) is 0 Å². The van der Waals surface area contributed by atoms with Gasteiger partial charge in [-0.15, -0.1) is 0 Å². The average Bonchev–Trinajstić information content (AvgIpc) is 2.63. The quantitative estimate of drug-likeness (QED) is 0.729. The van der Waals surface area contributed by atoms with Gasteiger partial charge in [0, 0.05) is 23.2 Å². The molecule has 84 valence electrons. The second kappa shape index (κ2) is 3.08. The minimum atomic E-state index is 0.0245. The lowest BCUT2D eigenvalue weighted by molar-refractivity contribution is 0.365. The van der Waals surface area contributed by atoms with Crippen LogP contribution in [-0.2, 0) is 11.8 Å². The second-order valence-corrected chi connectivity index (χ2v) is 5.22. The molecule has 0 saturated carbocycles. The van der Waals surface area contributed by atoms with Crippen LogP contribution in [0.15, 0.2) is 24.4 Å². The van der Waals surface area contributed by atoms with Crippen molar-refractivity contribution >= 4 is 5.52 Å². The van der Waals surface area contributed by atoms with Gasteiger partial charge in [-0.1, -0.05) is 19.9 Å². The first-order valence-corrected chi connectivity index (χ1v) is 5.83.